The van der Waals surface area contributed by atoms with Crippen LogP contribution in [0.3, 0.4) is 0 Å². The van der Waals surface area contributed by atoms with E-state index in [1.807, 2.05) is 4.90 Å². The average molecular weight is 243 g/mol. The minimum absolute atomic E-state index is 0.125. The Labute approximate surface area is 99.8 Å². The Morgan fingerprint density at radius 3 is 2.56 bits per heavy atom. The summed E-state index contributed by atoms with van der Waals surface area (Å²) in [6.45, 7) is 1.38. The number of thioether (sulfide) groups is 1. The summed E-state index contributed by atoms with van der Waals surface area (Å²) in [5.41, 5.74) is 0. The van der Waals surface area contributed by atoms with Crippen molar-refractivity contribution in [3.05, 3.63) is 0 Å². The smallest absolute Gasteiger partial charge is 0.232 e. The van der Waals surface area contributed by atoms with Gasteiger partial charge in [-0.1, -0.05) is 0 Å². The molecule has 1 amide bonds. The third-order valence-corrected chi connectivity index (χ3v) is 3.67. The fourth-order valence-electron chi connectivity index (χ4n) is 1.67. The monoisotopic (exact) mass is 243 g/mol. The minimum Gasteiger partial charge on any atom is -0.342 e. The summed E-state index contributed by atoms with van der Waals surface area (Å²) in [6, 6.07) is 0. The summed E-state index contributed by atoms with van der Waals surface area (Å²) in [7, 11) is 0. The maximum Gasteiger partial charge on any atom is 0.232 e. The number of carbonyl (C=O) groups excluding carboxylic acids is 3. The third-order valence-electron chi connectivity index (χ3n) is 2.69. The van der Waals surface area contributed by atoms with Crippen LogP contribution in [0.1, 0.15) is 19.3 Å². The maximum absolute atomic E-state index is 11.7. The normalized spacial score (nSPS) is 17.1. The number of nitrogens with zero attached hydrogens (tertiary/aromatic N) is 1. The van der Waals surface area contributed by atoms with Gasteiger partial charge in [0.1, 0.15) is 12.6 Å². The Bertz CT molecular complexity index is 250. The minimum atomic E-state index is 0.125. The molecule has 0 saturated carbocycles. The first kappa shape index (κ1) is 13.2. The van der Waals surface area contributed by atoms with Gasteiger partial charge < -0.3 is 14.5 Å². The van der Waals surface area contributed by atoms with Gasteiger partial charge in [-0.3, -0.25) is 4.79 Å². The second-order valence-corrected chi connectivity index (χ2v) is 4.97. The van der Waals surface area contributed by atoms with Gasteiger partial charge in [-0.2, -0.15) is 11.8 Å². The Morgan fingerprint density at radius 1 is 1.31 bits per heavy atom. The summed E-state index contributed by atoms with van der Waals surface area (Å²) in [4.78, 5) is 34.1. The first-order valence-electron chi connectivity index (χ1n) is 5.52. The van der Waals surface area contributed by atoms with E-state index in [1.165, 1.54) is 11.8 Å². The van der Waals surface area contributed by atoms with E-state index in [0.29, 0.717) is 31.0 Å². The standard InChI is InChI=1S/C11H17NO3S/c13-6-1-7-16-9-11(15)12-4-2-10(8-14)3-5-12/h6,8,10H,1-5,7,9H2. The fourth-order valence-corrected chi connectivity index (χ4v) is 2.43. The van der Waals surface area contributed by atoms with E-state index in [4.69, 9.17) is 0 Å². The van der Waals surface area contributed by atoms with Crippen LogP contribution in [0.4, 0.5) is 0 Å². The second-order valence-electron chi connectivity index (χ2n) is 3.86. The molecule has 0 aromatic rings. The largest absolute Gasteiger partial charge is 0.342 e. The molecule has 90 valence electrons. The first-order chi connectivity index (χ1) is 7.77. The Balaban J connectivity index is 2.17. The van der Waals surface area contributed by atoms with E-state index in [0.717, 1.165) is 25.4 Å². The van der Waals surface area contributed by atoms with Gasteiger partial charge in [-0.05, 0) is 12.8 Å². The van der Waals surface area contributed by atoms with Crippen molar-refractivity contribution in [3.8, 4) is 0 Å². The Kier molecular flexibility index (Phi) is 6.15. The second kappa shape index (κ2) is 7.44. The lowest BCUT2D eigenvalue weighted by atomic mass is 9.99. The highest BCUT2D eigenvalue weighted by atomic mass is 32.2. The molecule has 1 rings (SSSR count). The van der Waals surface area contributed by atoms with E-state index in [-0.39, 0.29) is 11.8 Å². The van der Waals surface area contributed by atoms with Crippen molar-refractivity contribution in [1.29, 1.82) is 0 Å². The van der Waals surface area contributed by atoms with Crippen molar-refractivity contribution >= 4 is 30.2 Å². The molecule has 0 bridgehead atoms. The lowest BCUT2D eigenvalue weighted by molar-refractivity contribution is -0.130. The van der Waals surface area contributed by atoms with Gasteiger partial charge in [-0.25, -0.2) is 0 Å². The lowest BCUT2D eigenvalue weighted by Gasteiger charge is -2.29. The third kappa shape index (κ3) is 4.35. The SMILES string of the molecule is O=CCCSCC(=O)N1CCC(C=O)CC1. The highest BCUT2D eigenvalue weighted by molar-refractivity contribution is 7.99. The quantitative estimate of drug-likeness (QED) is 0.510. The fraction of sp³-hybridized carbons (Fsp3) is 0.727. The van der Waals surface area contributed by atoms with Gasteiger partial charge in [-0.15, -0.1) is 0 Å². The zero-order chi connectivity index (χ0) is 11.8. The number of rotatable bonds is 6. The molecule has 0 aromatic carbocycles. The number of amides is 1. The highest BCUT2D eigenvalue weighted by Crippen LogP contribution is 2.16. The number of hydrogen-bond donors (Lipinski definition) is 0. The molecule has 1 aliphatic heterocycles. The molecular weight excluding hydrogens is 226 g/mol. The van der Waals surface area contributed by atoms with Crippen molar-refractivity contribution in [2.75, 3.05) is 24.6 Å². The van der Waals surface area contributed by atoms with Gasteiger partial charge in [0.25, 0.3) is 0 Å². The van der Waals surface area contributed by atoms with Crippen LogP contribution in [0.5, 0.6) is 0 Å². The van der Waals surface area contributed by atoms with Crippen molar-refractivity contribution in [2.24, 2.45) is 5.92 Å². The molecule has 0 atom stereocenters. The molecule has 16 heavy (non-hydrogen) atoms. The maximum atomic E-state index is 11.7. The molecule has 1 aliphatic rings. The molecule has 4 nitrogen and oxygen atoms in total. The molecule has 0 radical (unpaired) electrons. The highest BCUT2D eigenvalue weighted by Gasteiger charge is 2.21. The molecule has 1 saturated heterocycles. The van der Waals surface area contributed by atoms with E-state index in [9.17, 15) is 14.4 Å². The Morgan fingerprint density at radius 2 is 2.00 bits per heavy atom. The van der Waals surface area contributed by atoms with Crippen molar-refractivity contribution in [3.63, 3.8) is 0 Å². The molecule has 0 N–H and O–H groups in total. The van der Waals surface area contributed by atoms with Crippen LogP contribution in [-0.4, -0.2) is 48.0 Å². The molecule has 0 spiro atoms. The zero-order valence-corrected chi connectivity index (χ0v) is 10.1. The molecule has 1 fully saturated rings. The van der Waals surface area contributed by atoms with E-state index >= 15 is 0 Å². The van der Waals surface area contributed by atoms with Crippen LogP contribution < -0.4 is 0 Å². The van der Waals surface area contributed by atoms with Crippen molar-refractivity contribution < 1.29 is 14.4 Å². The van der Waals surface area contributed by atoms with E-state index in [2.05, 4.69) is 0 Å². The summed E-state index contributed by atoms with van der Waals surface area (Å²) in [5.74, 6) is 1.41. The molecule has 0 unspecified atom stereocenters. The van der Waals surface area contributed by atoms with Crippen molar-refractivity contribution in [2.45, 2.75) is 19.3 Å². The number of hydrogen-bond acceptors (Lipinski definition) is 4. The van der Waals surface area contributed by atoms with Gasteiger partial charge >= 0.3 is 0 Å². The van der Waals surface area contributed by atoms with Gasteiger partial charge in [0.2, 0.25) is 5.91 Å². The summed E-state index contributed by atoms with van der Waals surface area (Å²) in [5, 5.41) is 0. The first-order valence-corrected chi connectivity index (χ1v) is 6.68. The van der Waals surface area contributed by atoms with Gasteiger partial charge in [0.05, 0.1) is 5.75 Å². The predicted octanol–water partition coefficient (Wildman–Crippen LogP) is 0.746. The lowest BCUT2D eigenvalue weighted by Crippen LogP contribution is -2.39. The summed E-state index contributed by atoms with van der Waals surface area (Å²) >= 11 is 1.49. The van der Waals surface area contributed by atoms with Crippen LogP contribution in [0.2, 0.25) is 0 Å². The number of piperidine rings is 1. The van der Waals surface area contributed by atoms with E-state index in [1.54, 1.807) is 0 Å². The summed E-state index contributed by atoms with van der Waals surface area (Å²) < 4.78 is 0. The van der Waals surface area contributed by atoms with Crippen molar-refractivity contribution in [1.82, 2.24) is 4.90 Å². The molecule has 0 aromatic heterocycles. The average Bonchev–Trinajstić information content (AvgIpc) is 2.34. The van der Waals surface area contributed by atoms with Crippen LogP contribution >= 0.6 is 11.8 Å². The summed E-state index contributed by atoms with van der Waals surface area (Å²) in [6.07, 6.45) is 3.93. The molecule has 0 aliphatic carbocycles. The molecular formula is C11H17NO3S. The van der Waals surface area contributed by atoms with Crippen LogP contribution in [-0.2, 0) is 14.4 Å². The van der Waals surface area contributed by atoms with Gasteiger partial charge in [0.15, 0.2) is 0 Å². The molecule has 1 heterocycles. The van der Waals surface area contributed by atoms with Crippen LogP contribution in [0.25, 0.3) is 0 Å². The zero-order valence-electron chi connectivity index (χ0n) is 9.26. The van der Waals surface area contributed by atoms with Crippen LogP contribution in [0, 0.1) is 5.92 Å². The molecule has 5 heteroatoms. The topological polar surface area (TPSA) is 54.5 Å². The van der Waals surface area contributed by atoms with Crippen LogP contribution in [0.15, 0.2) is 0 Å². The van der Waals surface area contributed by atoms with E-state index < -0.39 is 0 Å². The number of likely N-dealkylation sites (tertiary alicyclic amines) is 1. The predicted molar refractivity (Wildman–Crippen MR) is 63.4 cm³/mol. The Hall–Kier alpha value is -0.840. The number of carbonyl (C=O) groups is 3. The number of aldehydes is 2. The van der Waals surface area contributed by atoms with Gasteiger partial charge in [0, 0.05) is 31.2 Å².